The number of allylic oxidation sites excluding steroid dienone is 2. The van der Waals surface area contributed by atoms with Crippen LogP contribution in [0.25, 0.3) is 17.0 Å². The number of benzene rings is 1. The maximum atomic E-state index is 12.6. The Kier molecular flexibility index (Phi) is 5.03. The number of pyridine rings is 1. The molecule has 1 aromatic carbocycles. The average Bonchev–Trinajstić information content (AvgIpc) is 3.22. The number of rotatable bonds is 5. The third-order valence-electron chi connectivity index (χ3n) is 3.90. The van der Waals surface area contributed by atoms with Gasteiger partial charge in [-0.05, 0) is 36.8 Å². The lowest BCUT2D eigenvalue weighted by Gasteiger charge is -2.17. The normalized spacial score (nSPS) is 11.2. The molecule has 0 fully saturated rings. The highest BCUT2D eigenvalue weighted by Crippen LogP contribution is 2.22. The summed E-state index contributed by atoms with van der Waals surface area (Å²) in [6.07, 6.45) is 6.34. The first kappa shape index (κ1) is 17.3. The zero-order valence-electron chi connectivity index (χ0n) is 14.6. The van der Waals surface area contributed by atoms with E-state index in [0.29, 0.717) is 17.0 Å². The minimum Gasteiger partial charge on any atom is -0.342 e. The van der Waals surface area contributed by atoms with E-state index >= 15 is 0 Å². The minimum absolute atomic E-state index is 0.0976. The van der Waals surface area contributed by atoms with Crippen LogP contribution in [0, 0.1) is 0 Å². The van der Waals surface area contributed by atoms with E-state index in [4.69, 9.17) is 4.52 Å². The highest BCUT2D eigenvalue weighted by molar-refractivity contribution is 6.06. The molecule has 0 atom stereocenters. The summed E-state index contributed by atoms with van der Waals surface area (Å²) in [5.41, 5.74) is 3.58. The fourth-order valence-corrected chi connectivity index (χ4v) is 2.48. The van der Waals surface area contributed by atoms with Crippen LogP contribution >= 0.6 is 0 Å². The Morgan fingerprint density at radius 2 is 2.00 bits per heavy atom. The molecule has 1 amide bonds. The Morgan fingerprint density at radius 1 is 1.23 bits per heavy atom. The molecule has 3 rings (SSSR count). The van der Waals surface area contributed by atoms with E-state index in [2.05, 4.69) is 21.7 Å². The molecule has 0 unspecified atom stereocenters. The monoisotopic (exact) mass is 346 g/mol. The Balaban J connectivity index is 1.80. The average molecular weight is 346 g/mol. The molecule has 0 N–H and O–H groups in total. The number of hydrogen-bond acceptors (Lipinski definition) is 5. The summed E-state index contributed by atoms with van der Waals surface area (Å²) in [4.78, 5) is 22.4. The van der Waals surface area contributed by atoms with Crippen LogP contribution in [-0.2, 0) is 4.79 Å². The van der Waals surface area contributed by atoms with Crippen molar-refractivity contribution in [3.8, 4) is 11.4 Å². The fourth-order valence-electron chi connectivity index (χ4n) is 2.48. The van der Waals surface area contributed by atoms with Gasteiger partial charge in [-0.3, -0.25) is 9.78 Å². The zero-order chi connectivity index (χ0) is 18.5. The van der Waals surface area contributed by atoms with Crippen molar-refractivity contribution in [2.24, 2.45) is 0 Å². The Bertz CT molecular complexity index is 947. The molecular formula is C20H18N4O2. The number of para-hydroxylation sites is 1. The highest BCUT2D eigenvalue weighted by Gasteiger charge is 2.13. The quantitative estimate of drug-likeness (QED) is 0.520. The first-order chi connectivity index (χ1) is 12.6. The van der Waals surface area contributed by atoms with Gasteiger partial charge in [-0.15, -0.1) is 0 Å². The van der Waals surface area contributed by atoms with E-state index in [1.165, 1.54) is 6.39 Å². The van der Waals surface area contributed by atoms with Crippen molar-refractivity contribution in [3.05, 3.63) is 79.0 Å². The largest absolute Gasteiger partial charge is 0.342 e. The molecule has 6 heteroatoms. The van der Waals surface area contributed by atoms with Gasteiger partial charge in [0.1, 0.15) is 0 Å². The maximum Gasteiger partial charge on any atom is 0.253 e. The fraction of sp³-hybridized carbons (Fsp3) is 0.100. The molecule has 26 heavy (non-hydrogen) atoms. The SMILES string of the molecule is C=C(/C=C(\C)C(=O)N(C)c1ccccc1)c1cncc(-c2ncon2)c1. The van der Waals surface area contributed by atoms with Crippen molar-refractivity contribution in [2.45, 2.75) is 6.92 Å². The van der Waals surface area contributed by atoms with Crippen LogP contribution in [-0.4, -0.2) is 28.1 Å². The summed E-state index contributed by atoms with van der Waals surface area (Å²) < 4.78 is 4.76. The van der Waals surface area contributed by atoms with Gasteiger partial charge in [0, 0.05) is 41.8 Å². The number of carbonyl (C=O) groups is 1. The number of anilines is 1. The van der Waals surface area contributed by atoms with E-state index in [0.717, 1.165) is 16.8 Å². The first-order valence-corrected chi connectivity index (χ1v) is 7.98. The molecule has 0 aliphatic heterocycles. The number of nitrogens with zero attached hydrogens (tertiary/aromatic N) is 4. The van der Waals surface area contributed by atoms with Crippen LogP contribution in [0.1, 0.15) is 12.5 Å². The minimum atomic E-state index is -0.0976. The van der Waals surface area contributed by atoms with E-state index in [-0.39, 0.29) is 5.91 Å². The molecular weight excluding hydrogens is 328 g/mol. The number of likely N-dealkylation sites (N-methyl/N-ethyl adjacent to an activating group) is 1. The molecule has 2 heterocycles. The van der Waals surface area contributed by atoms with Gasteiger partial charge in [0.05, 0.1) is 0 Å². The van der Waals surface area contributed by atoms with E-state index in [1.807, 2.05) is 36.4 Å². The topological polar surface area (TPSA) is 72.1 Å². The molecule has 0 bridgehead atoms. The van der Waals surface area contributed by atoms with Crippen molar-refractivity contribution in [1.82, 2.24) is 15.1 Å². The lowest BCUT2D eigenvalue weighted by Crippen LogP contribution is -2.26. The third-order valence-corrected chi connectivity index (χ3v) is 3.90. The van der Waals surface area contributed by atoms with Crippen molar-refractivity contribution < 1.29 is 9.32 Å². The summed E-state index contributed by atoms with van der Waals surface area (Å²) in [6.45, 7) is 5.82. The van der Waals surface area contributed by atoms with Gasteiger partial charge in [0.15, 0.2) is 0 Å². The summed E-state index contributed by atoms with van der Waals surface area (Å²) in [5, 5.41) is 3.80. The van der Waals surface area contributed by atoms with Crippen LogP contribution in [0.4, 0.5) is 5.69 Å². The second-order valence-electron chi connectivity index (χ2n) is 5.77. The van der Waals surface area contributed by atoms with Crippen molar-refractivity contribution in [1.29, 1.82) is 0 Å². The molecule has 0 aliphatic rings. The predicted molar refractivity (Wildman–Crippen MR) is 100 cm³/mol. The molecule has 130 valence electrons. The third kappa shape index (κ3) is 3.75. The van der Waals surface area contributed by atoms with Crippen LogP contribution in [0.15, 0.2) is 77.9 Å². The number of hydrogen-bond donors (Lipinski definition) is 0. The summed E-state index contributed by atoms with van der Waals surface area (Å²) in [6, 6.07) is 11.3. The first-order valence-electron chi connectivity index (χ1n) is 7.98. The molecule has 3 aromatic rings. The standard InChI is InChI=1S/C20H18N4O2/c1-14(16-10-17(12-21-11-16)19-22-13-26-23-19)9-15(2)20(25)24(3)18-7-5-4-6-8-18/h4-13H,1H2,2-3H3/b15-9+. The van der Waals surface area contributed by atoms with Gasteiger partial charge in [-0.1, -0.05) is 29.9 Å². The van der Waals surface area contributed by atoms with Crippen molar-refractivity contribution in [2.75, 3.05) is 11.9 Å². The van der Waals surface area contributed by atoms with E-state index in [9.17, 15) is 4.79 Å². The van der Waals surface area contributed by atoms with Crippen molar-refractivity contribution in [3.63, 3.8) is 0 Å². The number of amides is 1. The Morgan fingerprint density at radius 3 is 2.69 bits per heavy atom. The van der Waals surface area contributed by atoms with E-state index < -0.39 is 0 Å². The van der Waals surface area contributed by atoms with Gasteiger partial charge in [0.25, 0.3) is 5.91 Å². The molecule has 6 nitrogen and oxygen atoms in total. The lowest BCUT2D eigenvalue weighted by atomic mass is 10.0. The summed E-state index contributed by atoms with van der Waals surface area (Å²) in [5.74, 6) is 0.354. The Hall–Kier alpha value is -3.54. The molecule has 0 spiro atoms. The second-order valence-corrected chi connectivity index (χ2v) is 5.77. The molecule has 0 saturated carbocycles. The van der Waals surface area contributed by atoms with Gasteiger partial charge >= 0.3 is 0 Å². The maximum absolute atomic E-state index is 12.6. The van der Waals surface area contributed by atoms with Crippen LogP contribution in [0.2, 0.25) is 0 Å². The zero-order valence-corrected chi connectivity index (χ0v) is 14.6. The van der Waals surface area contributed by atoms with Gasteiger partial charge < -0.3 is 9.42 Å². The number of carbonyl (C=O) groups excluding carboxylic acids is 1. The predicted octanol–water partition coefficient (Wildman–Crippen LogP) is 3.75. The molecule has 0 radical (unpaired) electrons. The highest BCUT2D eigenvalue weighted by atomic mass is 16.5. The lowest BCUT2D eigenvalue weighted by molar-refractivity contribution is -0.114. The van der Waals surface area contributed by atoms with Gasteiger partial charge in [0.2, 0.25) is 12.2 Å². The molecule has 0 aliphatic carbocycles. The second kappa shape index (κ2) is 7.57. The number of aromatic nitrogens is 3. The molecule has 2 aromatic heterocycles. The molecule has 0 saturated heterocycles. The van der Waals surface area contributed by atoms with Crippen LogP contribution < -0.4 is 4.90 Å². The Labute approximate surface area is 151 Å². The van der Waals surface area contributed by atoms with Crippen LogP contribution in [0.3, 0.4) is 0 Å². The smallest absolute Gasteiger partial charge is 0.253 e. The van der Waals surface area contributed by atoms with E-state index in [1.54, 1.807) is 37.3 Å². The summed E-state index contributed by atoms with van der Waals surface area (Å²) in [7, 11) is 1.75. The van der Waals surface area contributed by atoms with Crippen LogP contribution in [0.5, 0.6) is 0 Å². The van der Waals surface area contributed by atoms with Crippen molar-refractivity contribution >= 4 is 17.2 Å². The van der Waals surface area contributed by atoms with Gasteiger partial charge in [-0.25, -0.2) is 0 Å². The summed E-state index contributed by atoms with van der Waals surface area (Å²) >= 11 is 0. The van der Waals surface area contributed by atoms with Gasteiger partial charge in [-0.2, -0.15) is 4.98 Å².